The first-order chi connectivity index (χ1) is 16.6. The molecule has 1 radical (unpaired) electrons. The van der Waals surface area contributed by atoms with Crippen LogP contribution in [0.2, 0.25) is 0 Å². The van der Waals surface area contributed by atoms with E-state index in [1.165, 1.54) is 6.33 Å². The maximum atomic E-state index is 10.6. The minimum Gasteiger partial charge on any atom is -0.486 e. The van der Waals surface area contributed by atoms with Crippen molar-refractivity contribution in [2.24, 2.45) is 5.92 Å². The molecule has 0 unspecified atom stereocenters. The molecule has 9 nitrogen and oxygen atoms in total. The quantitative estimate of drug-likeness (QED) is 0.424. The van der Waals surface area contributed by atoms with E-state index in [9.17, 15) is 4.79 Å². The summed E-state index contributed by atoms with van der Waals surface area (Å²) >= 11 is 5.21. The smallest absolute Gasteiger partial charge is 0.175 e. The zero-order chi connectivity index (χ0) is 23.5. The lowest BCUT2D eigenvalue weighted by atomic mass is 9.93. The third kappa shape index (κ3) is 5.01. The Morgan fingerprint density at radius 3 is 2.71 bits per heavy atom. The van der Waals surface area contributed by atoms with E-state index in [1.54, 1.807) is 18.2 Å². The number of aryl methyl sites for hydroxylation is 1. The SMILES string of the molecule is Nc1ncnc2c1nc(Sc1cc3c(cc1Br)OCCO3)n2CCC1CCN(C[CH]C=O)CC1. The number of aromatic nitrogens is 4. The fourth-order valence-electron chi connectivity index (χ4n) is 4.40. The summed E-state index contributed by atoms with van der Waals surface area (Å²) in [6, 6.07) is 3.92. The highest BCUT2D eigenvalue weighted by Crippen LogP contribution is 2.42. The summed E-state index contributed by atoms with van der Waals surface area (Å²) in [4.78, 5) is 27.3. The number of hydrogen-bond acceptors (Lipinski definition) is 9. The summed E-state index contributed by atoms with van der Waals surface area (Å²) in [6.45, 7) is 4.65. The summed E-state index contributed by atoms with van der Waals surface area (Å²) in [6.07, 6.45) is 7.31. The second-order valence-electron chi connectivity index (χ2n) is 8.41. The van der Waals surface area contributed by atoms with Gasteiger partial charge in [-0.1, -0.05) is 11.8 Å². The Morgan fingerprint density at radius 1 is 1.18 bits per heavy atom. The number of carbonyl (C=O) groups is 1. The fraction of sp³-hybridized carbons (Fsp3) is 0.435. The standard InChI is InChI=1S/C23H26BrN6O3S/c24-16-12-17-18(33-11-10-32-17)13-19(16)34-23-28-20-21(25)26-14-27-22(20)30(23)8-4-15-2-6-29(7-3-15)5-1-9-31/h1,9,12-15H,2-8,10-11H2,(H2,25,26,27). The van der Waals surface area contributed by atoms with Crippen molar-refractivity contribution >= 4 is 51.0 Å². The summed E-state index contributed by atoms with van der Waals surface area (Å²) in [5.41, 5.74) is 7.51. The van der Waals surface area contributed by atoms with E-state index < -0.39 is 0 Å². The molecule has 4 heterocycles. The number of benzene rings is 1. The zero-order valence-electron chi connectivity index (χ0n) is 18.7. The normalized spacial score (nSPS) is 16.7. The number of nitrogens with two attached hydrogens (primary N) is 1. The molecule has 2 aliphatic heterocycles. The topological polar surface area (TPSA) is 108 Å². The summed E-state index contributed by atoms with van der Waals surface area (Å²) in [7, 11) is 0. The van der Waals surface area contributed by atoms with Crippen LogP contribution < -0.4 is 15.2 Å². The van der Waals surface area contributed by atoms with Crippen molar-refractivity contribution in [3.05, 3.63) is 29.4 Å². The van der Waals surface area contributed by atoms with E-state index in [4.69, 9.17) is 20.2 Å². The number of hydrogen-bond donors (Lipinski definition) is 1. The van der Waals surface area contributed by atoms with E-state index >= 15 is 0 Å². The fourth-order valence-corrected chi connectivity index (χ4v) is 5.91. The molecule has 1 saturated heterocycles. The van der Waals surface area contributed by atoms with Gasteiger partial charge in [0.05, 0.1) is 0 Å². The largest absolute Gasteiger partial charge is 0.486 e. The highest BCUT2D eigenvalue weighted by atomic mass is 79.9. The minimum atomic E-state index is 0.381. The number of anilines is 1. The Labute approximate surface area is 210 Å². The number of aldehydes is 1. The predicted molar refractivity (Wildman–Crippen MR) is 133 cm³/mol. The Kier molecular flexibility index (Phi) is 7.21. The van der Waals surface area contributed by atoms with Crippen LogP contribution in [0.4, 0.5) is 5.82 Å². The molecule has 0 amide bonds. The highest BCUT2D eigenvalue weighted by Gasteiger charge is 2.23. The molecular formula is C23H26BrN6O3S. The van der Waals surface area contributed by atoms with Gasteiger partial charge < -0.3 is 29.5 Å². The van der Waals surface area contributed by atoms with Gasteiger partial charge in [0.1, 0.15) is 25.8 Å². The van der Waals surface area contributed by atoms with Gasteiger partial charge in [-0.2, -0.15) is 0 Å². The van der Waals surface area contributed by atoms with Crippen molar-refractivity contribution in [2.75, 3.05) is 38.6 Å². The van der Waals surface area contributed by atoms with Gasteiger partial charge in [0.15, 0.2) is 33.6 Å². The van der Waals surface area contributed by atoms with Crippen LogP contribution in [0.15, 0.2) is 33.0 Å². The zero-order valence-corrected chi connectivity index (χ0v) is 21.1. The summed E-state index contributed by atoms with van der Waals surface area (Å²) in [5.74, 6) is 2.47. The molecule has 0 aliphatic carbocycles. The van der Waals surface area contributed by atoms with Crippen molar-refractivity contribution in [1.29, 1.82) is 0 Å². The third-order valence-corrected chi connectivity index (χ3v) is 8.22. The monoisotopic (exact) mass is 545 g/mol. The predicted octanol–water partition coefficient (Wildman–Crippen LogP) is 3.60. The van der Waals surface area contributed by atoms with E-state index in [-0.39, 0.29) is 0 Å². The van der Waals surface area contributed by atoms with Gasteiger partial charge in [-0.15, -0.1) is 0 Å². The van der Waals surface area contributed by atoms with Crippen LogP contribution in [0.1, 0.15) is 19.3 Å². The molecule has 2 aliphatic rings. The number of carbonyl (C=O) groups excluding carboxylic acids is 1. The van der Waals surface area contributed by atoms with Gasteiger partial charge in [0, 0.05) is 28.9 Å². The number of likely N-dealkylation sites (tertiary alicyclic amines) is 1. The Morgan fingerprint density at radius 2 is 1.94 bits per heavy atom. The Balaban J connectivity index is 1.36. The number of halogens is 1. The van der Waals surface area contributed by atoms with Crippen molar-refractivity contribution in [1.82, 2.24) is 24.4 Å². The number of rotatable bonds is 8. The van der Waals surface area contributed by atoms with Crippen molar-refractivity contribution in [3.8, 4) is 11.5 Å². The molecule has 0 spiro atoms. The highest BCUT2D eigenvalue weighted by molar-refractivity contribution is 9.10. The summed E-state index contributed by atoms with van der Waals surface area (Å²) < 4.78 is 14.5. The molecule has 1 aromatic carbocycles. The van der Waals surface area contributed by atoms with E-state index in [2.05, 4.69) is 35.4 Å². The molecule has 3 aromatic rings. The van der Waals surface area contributed by atoms with Crippen LogP contribution in [0.5, 0.6) is 11.5 Å². The molecule has 179 valence electrons. The number of nitrogen functional groups attached to an aromatic ring is 1. The third-order valence-electron chi connectivity index (χ3n) is 6.25. The molecule has 2 N–H and O–H groups in total. The van der Waals surface area contributed by atoms with Crippen LogP contribution in [-0.4, -0.2) is 63.6 Å². The first kappa shape index (κ1) is 23.4. The maximum Gasteiger partial charge on any atom is 0.175 e. The van der Waals surface area contributed by atoms with Gasteiger partial charge in [0.2, 0.25) is 0 Å². The van der Waals surface area contributed by atoms with Crippen LogP contribution >= 0.6 is 27.7 Å². The first-order valence-corrected chi connectivity index (χ1v) is 13.0. The molecule has 2 aromatic heterocycles. The number of ether oxygens (including phenoxy) is 2. The molecule has 11 heteroatoms. The van der Waals surface area contributed by atoms with Gasteiger partial charge in [-0.25, -0.2) is 15.0 Å². The number of piperidine rings is 1. The first-order valence-electron chi connectivity index (χ1n) is 11.4. The average molecular weight is 546 g/mol. The second kappa shape index (κ2) is 10.5. The Hall–Kier alpha value is -2.37. The van der Waals surface area contributed by atoms with E-state index in [0.29, 0.717) is 30.5 Å². The van der Waals surface area contributed by atoms with Crippen LogP contribution in [0, 0.1) is 12.3 Å². The number of nitrogens with zero attached hydrogens (tertiary/aromatic N) is 5. The van der Waals surface area contributed by atoms with Crippen molar-refractivity contribution in [2.45, 2.75) is 35.9 Å². The van der Waals surface area contributed by atoms with E-state index in [0.717, 1.165) is 83.4 Å². The number of fused-ring (bicyclic) bond motifs is 2. The van der Waals surface area contributed by atoms with E-state index in [1.807, 2.05) is 12.1 Å². The lowest BCUT2D eigenvalue weighted by molar-refractivity contribution is -0.105. The molecule has 0 bridgehead atoms. The Bertz CT molecular complexity index is 1180. The van der Waals surface area contributed by atoms with Crippen LogP contribution in [-0.2, 0) is 11.3 Å². The van der Waals surface area contributed by atoms with Gasteiger partial charge in [-0.05, 0) is 66.3 Å². The van der Waals surface area contributed by atoms with Gasteiger partial charge in [-0.3, -0.25) is 0 Å². The molecule has 0 atom stereocenters. The molecule has 1 fully saturated rings. The molecule has 34 heavy (non-hydrogen) atoms. The van der Waals surface area contributed by atoms with Gasteiger partial charge in [0.25, 0.3) is 0 Å². The van der Waals surface area contributed by atoms with Crippen LogP contribution in [0.3, 0.4) is 0 Å². The average Bonchev–Trinajstić information content (AvgIpc) is 3.21. The van der Waals surface area contributed by atoms with Gasteiger partial charge >= 0.3 is 0 Å². The minimum absolute atomic E-state index is 0.381. The molecule has 5 rings (SSSR count). The summed E-state index contributed by atoms with van der Waals surface area (Å²) in [5, 5.41) is 0.817. The molecular weight excluding hydrogens is 520 g/mol. The van der Waals surface area contributed by atoms with Crippen molar-refractivity contribution < 1.29 is 14.3 Å². The van der Waals surface area contributed by atoms with Crippen molar-refractivity contribution in [3.63, 3.8) is 0 Å². The lowest BCUT2D eigenvalue weighted by Gasteiger charge is -2.31. The second-order valence-corrected chi connectivity index (χ2v) is 10.3. The lowest BCUT2D eigenvalue weighted by Crippen LogP contribution is -2.35. The molecule has 0 saturated carbocycles. The number of imidazole rings is 1. The van der Waals surface area contributed by atoms with Crippen LogP contribution in [0.25, 0.3) is 11.2 Å². The maximum absolute atomic E-state index is 10.6.